The van der Waals surface area contributed by atoms with Gasteiger partial charge in [0.15, 0.2) is 0 Å². The number of ether oxygens (including phenoxy) is 3. The lowest BCUT2D eigenvalue weighted by molar-refractivity contribution is -0.160. The van der Waals surface area contributed by atoms with Gasteiger partial charge in [0.2, 0.25) is 0 Å². The summed E-state index contributed by atoms with van der Waals surface area (Å²) in [7, 11) is 0. The van der Waals surface area contributed by atoms with Gasteiger partial charge in [-0.3, -0.25) is 4.79 Å². The number of cyclic esters (lactones) is 1. The molecule has 1 saturated heterocycles. The minimum absolute atomic E-state index is 0.0303. The van der Waals surface area contributed by atoms with Gasteiger partial charge in [0.25, 0.3) is 0 Å². The minimum atomic E-state index is -0.794. The summed E-state index contributed by atoms with van der Waals surface area (Å²) < 4.78 is 30.4. The molecule has 0 amide bonds. The maximum atomic E-state index is 13.2. The third-order valence-corrected chi connectivity index (χ3v) is 4.19. The van der Waals surface area contributed by atoms with Gasteiger partial charge in [0, 0.05) is 12.5 Å². The second-order valence-electron chi connectivity index (χ2n) is 7.07. The maximum Gasteiger partial charge on any atom is 0.325 e. The third kappa shape index (κ3) is 6.06. The summed E-state index contributed by atoms with van der Waals surface area (Å²) in [6.07, 6.45) is -0.119. The Kier molecular flexibility index (Phi) is 7.35. The fourth-order valence-corrected chi connectivity index (χ4v) is 2.90. The molecule has 0 radical (unpaired) electrons. The molecule has 0 unspecified atom stereocenters. The van der Waals surface area contributed by atoms with Crippen LogP contribution >= 0.6 is 0 Å². The molecule has 0 bridgehead atoms. The molecule has 1 heterocycles. The monoisotopic (exact) mass is 353 g/mol. The number of carbonyl (C=O) groups excluding carboxylic acids is 1. The SMILES string of the molecule is CC(C)CO[C@@H]1[C@@H](Cc2ccc(F)cc2)COC[C@H](N)C(=O)O[C@H]1C. The highest BCUT2D eigenvalue weighted by molar-refractivity contribution is 5.75. The van der Waals surface area contributed by atoms with Crippen LogP contribution in [-0.4, -0.2) is 44.0 Å². The molecule has 1 aliphatic heterocycles. The topological polar surface area (TPSA) is 70.8 Å². The van der Waals surface area contributed by atoms with Crippen molar-refractivity contribution in [2.75, 3.05) is 19.8 Å². The quantitative estimate of drug-likeness (QED) is 0.823. The Morgan fingerprint density at radius 3 is 2.60 bits per heavy atom. The van der Waals surface area contributed by atoms with Gasteiger partial charge in [-0.2, -0.15) is 0 Å². The summed E-state index contributed by atoms with van der Waals surface area (Å²) in [4.78, 5) is 12.0. The smallest absolute Gasteiger partial charge is 0.325 e. The highest BCUT2D eigenvalue weighted by Gasteiger charge is 2.34. The molecule has 5 nitrogen and oxygen atoms in total. The zero-order chi connectivity index (χ0) is 18.4. The second kappa shape index (κ2) is 9.27. The van der Waals surface area contributed by atoms with Crippen molar-refractivity contribution in [2.45, 2.75) is 45.4 Å². The van der Waals surface area contributed by atoms with Crippen LogP contribution in [0.1, 0.15) is 26.3 Å². The molecule has 1 fully saturated rings. The van der Waals surface area contributed by atoms with E-state index in [1.807, 2.05) is 6.92 Å². The molecule has 4 atom stereocenters. The number of hydrogen-bond donors (Lipinski definition) is 1. The van der Waals surface area contributed by atoms with Crippen LogP contribution in [0.25, 0.3) is 0 Å². The van der Waals surface area contributed by atoms with Gasteiger partial charge < -0.3 is 19.9 Å². The van der Waals surface area contributed by atoms with Crippen molar-refractivity contribution in [1.29, 1.82) is 0 Å². The van der Waals surface area contributed by atoms with E-state index in [9.17, 15) is 9.18 Å². The molecule has 140 valence electrons. The van der Waals surface area contributed by atoms with E-state index in [-0.39, 0.29) is 24.4 Å². The third-order valence-electron chi connectivity index (χ3n) is 4.19. The Morgan fingerprint density at radius 1 is 1.28 bits per heavy atom. The molecule has 25 heavy (non-hydrogen) atoms. The van der Waals surface area contributed by atoms with Gasteiger partial charge in [-0.1, -0.05) is 26.0 Å². The molecule has 0 saturated carbocycles. The number of carbonyl (C=O) groups is 1. The number of halogens is 1. The Bertz CT molecular complexity index is 549. The van der Waals surface area contributed by atoms with Crippen LogP contribution in [0.4, 0.5) is 4.39 Å². The number of benzene rings is 1. The highest BCUT2D eigenvalue weighted by atomic mass is 19.1. The molecular formula is C19H28FNO4. The largest absolute Gasteiger partial charge is 0.459 e. The second-order valence-corrected chi connectivity index (χ2v) is 7.07. The van der Waals surface area contributed by atoms with Gasteiger partial charge in [-0.25, -0.2) is 4.39 Å². The summed E-state index contributed by atoms with van der Waals surface area (Å²) in [5.74, 6) is -0.425. The Balaban J connectivity index is 2.18. The van der Waals surface area contributed by atoms with E-state index in [1.54, 1.807) is 12.1 Å². The number of nitrogens with two attached hydrogens (primary N) is 1. The Labute approximate surface area is 148 Å². The average molecular weight is 353 g/mol. The predicted octanol–water partition coefficient (Wildman–Crippen LogP) is 2.31. The fraction of sp³-hybridized carbons (Fsp3) is 0.632. The standard InChI is InChI=1S/C19H28FNO4/c1-12(2)9-24-18-13(3)25-19(22)17(21)11-23-10-15(18)8-14-4-6-16(20)7-5-14/h4-7,12-13,15,17-18H,8-11,21H2,1-3H3/t13-,15-,17-,18-/m0/s1. The van der Waals surface area contributed by atoms with Crippen LogP contribution in [-0.2, 0) is 25.4 Å². The normalized spacial score (nSPS) is 28.2. The van der Waals surface area contributed by atoms with Crippen LogP contribution in [0.3, 0.4) is 0 Å². The number of hydrogen-bond acceptors (Lipinski definition) is 5. The van der Waals surface area contributed by atoms with Gasteiger partial charge in [-0.15, -0.1) is 0 Å². The fourth-order valence-electron chi connectivity index (χ4n) is 2.90. The first kappa shape index (κ1) is 19.8. The molecule has 0 aliphatic carbocycles. The molecule has 0 aromatic heterocycles. The van der Waals surface area contributed by atoms with E-state index in [4.69, 9.17) is 19.9 Å². The minimum Gasteiger partial charge on any atom is -0.459 e. The molecule has 1 aromatic carbocycles. The highest BCUT2D eigenvalue weighted by Crippen LogP contribution is 2.23. The lowest BCUT2D eigenvalue weighted by Gasteiger charge is -2.31. The first-order chi connectivity index (χ1) is 11.9. The first-order valence-corrected chi connectivity index (χ1v) is 8.76. The molecular weight excluding hydrogens is 325 g/mol. The summed E-state index contributed by atoms with van der Waals surface area (Å²) in [6, 6.07) is 5.59. The van der Waals surface area contributed by atoms with Crippen LogP contribution in [0.5, 0.6) is 0 Å². The van der Waals surface area contributed by atoms with E-state index in [1.165, 1.54) is 12.1 Å². The van der Waals surface area contributed by atoms with Crippen molar-refractivity contribution in [1.82, 2.24) is 0 Å². The van der Waals surface area contributed by atoms with E-state index in [0.29, 0.717) is 25.6 Å². The van der Waals surface area contributed by atoms with Gasteiger partial charge in [0.1, 0.15) is 18.0 Å². The van der Waals surface area contributed by atoms with E-state index in [2.05, 4.69) is 13.8 Å². The molecule has 1 aromatic rings. The Morgan fingerprint density at radius 2 is 1.96 bits per heavy atom. The maximum absolute atomic E-state index is 13.2. The molecule has 0 spiro atoms. The zero-order valence-corrected chi connectivity index (χ0v) is 15.1. The van der Waals surface area contributed by atoms with E-state index in [0.717, 1.165) is 5.56 Å². The van der Waals surface area contributed by atoms with Crippen molar-refractivity contribution in [3.8, 4) is 0 Å². The predicted molar refractivity (Wildman–Crippen MR) is 92.5 cm³/mol. The van der Waals surface area contributed by atoms with Crippen LogP contribution in [0.15, 0.2) is 24.3 Å². The van der Waals surface area contributed by atoms with Gasteiger partial charge in [-0.05, 0) is 37.0 Å². The van der Waals surface area contributed by atoms with Crippen LogP contribution in [0, 0.1) is 17.7 Å². The molecule has 2 rings (SSSR count). The summed E-state index contributed by atoms with van der Waals surface area (Å²) in [5, 5.41) is 0. The average Bonchev–Trinajstić information content (AvgIpc) is 2.59. The van der Waals surface area contributed by atoms with E-state index >= 15 is 0 Å². The summed E-state index contributed by atoms with van der Waals surface area (Å²) in [6.45, 7) is 7.01. The Hall–Kier alpha value is -1.50. The molecule has 1 aliphatic rings. The van der Waals surface area contributed by atoms with Crippen molar-refractivity contribution in [2.24, 2.45) is 17.6 Å². The van der Waals surface area contributed by atoms with Crippen molar-refractivity contribution < 1.29 is 23.4 Å². The first-order valence-electron chi connectivity index (χ1n) is 8.76. The van der Waals surface area contributed by atoms with Gasteiger partial charge in [0.05, 0.1) is 19.3 Å². The zero-order valence-electron chi connectivity index (χ0n) is 15.1. The lowest BCUT2D eigenvalue weighted by atomic mass is 9.91. The summed E-state index contributed by atoms with van der Waals surface area (Å²) in [5.41, 5.74) is 6.76. The van der Waals surface area contributed by atoms with Crippen molar-refractivity contribution >= 4 is 5.97 Å². The lowest BCUT2D eigenvalue weighted by Crippen LogP contribution is -2.42. The molecule has 6 heteroatoms. The number of rotatable bonds is 5. The summed E-state index contributed by atoms with van der Waals surface area (Å²) >= 11 is 0. The van der Waals surface area contributed by atoms with Crippen molar-refractivity contribution in [3.63, 3.8) is 0 Å². The van der Waals surface area contributed by atoms with Crippen LogP contribution in [0.2, 0.25) is 0 Å². The van der Waals surface area contributed by atoms with Crippen molar-refractivity contribution in [3.05, 3.63) is 35.6 Å². The molecule has 2 N–H and O–H groups in total. The number of esters is 1. The van der Waals surface area contributed by atoms with Gasteiger partial charge >= 0.3 is 5.97 Å². The van der Waals surface area contributed by atoms with Crippen LogP contribution < -0.4 is 5.73 Å². The van der Waals surface area contributed by atoms with E-state index < -0.39 is 18.1 Å².